The minimum absolute atomic E-state index is 0.217. The number of rotatable bonds is 4. The van der Waals surface area contributed by atoms with Crippen LogP contribution in [0.3, 0.4) is 0 Å². The van der Waals surface area contributed by atoms with E-state index in [0.29, 0.717) is 32.0 Å². The molecular formula is C27H36N6O3. The van der Waals surface area contributed by atoms with Crippen molar-refractivity contribution in [1.29, 1.82) is 0 Å². The van der Waals surface area contributed by atoms with E-state index >= 15 is 0 Å². The summed E-state index contributed by atoms with van der Waals surface area (Å²) in [5.41, 5.74) is 3.38. The van der Waals surface area contributed by atoms with Gasteiger partial charge in [-0.2, -0.15) is 0 Å². The van der Waals surface area contributed by atoms with Crippen molar-refractivity contribution in [3.63, 3.8) is 0 Å². The Morgan fingerprint density at radius 1 is 1.14 bits per heavy atom. The van der Waals surface area contributed by atoms with Crippen LogP contribution in [-0.2, 0) is 9.53 Å². The number of ether oxygens (including phenoxy) is 1. The molecule has 1 fully saturated rings. The van der Waals surface area contributed by atoms with Gasteiger partial charge in [-0.1, -0.05) is 25.3 Å². The molecule has 4 heterocycles. The highest BCUT2D eigenvalue weighted by Gasteiger charge is 2.28. The molecule has 0 spiro atoms. The van der Waals surface area contributed by atoms with Gasteiger partial charge in [-0.3, -0.25) is 4.79 Å². The second-order valence-corrected chi connectivity index (χ2v) is 10.9. The first kappa shape index (κ1) is 24.3. The number of nitrogens with one attached hydrogen (secondary N) is 2. The third-order valence-electron chi connectivity index (χ3n) is 7.07. The van der Waals surface area contributed by atoms with Gasteiger partial charge in [0.25, 0.3) is 0 Å². The Balaban J connectivity index is 1.32. The Labute approximate surface area is 212 Å². The number of allylic oxidation sites excluding steroid dienone is 1. The highest BCUT2D eigenvalue weighted by atomic mass is 16.6. The molecule has 0 atom stereocenters. The molecule has 36 heavy (non-hydrogen) atoms. The second kappa shape index (κ2) is 9.95. The van der Waals surface area contributed by atoms with Crippen LogP contribution in [0.5, 0.6) is 0 Å². The van der Waals surface area contributed by atoms with Crippen molar-refractivity contribution in [2.75, 3.05) is 18.4 Å². The molecule has 0 bridgehead atoms. The van der Waals surface area contributed by atoms with Gasteiger partial charge in [-0.15, -0.1) is 0 Å². The van der Waals surface area contributed by atoms with Crippen molar-refractivity contribution in [1.82, 2.24) is 24.8 Å². The third-order valence-corrected chi connectivity index (χ3v) is 7.07. The lowest BCUT2D eigenvalue weighted by Gasteiger charge is -2.35. The molecule has 9 nitrogen and oxygen atoms in total. The number of carbonyl (C=O) groups is 2. The van der Waals surface area contributed by atoms with Gasteiger partial charge >= 0.3 is 6.09 Å². The van der Waals surface area contributed by atoms with Gasteiger partial charge in [-0.25, -0.2) is 14.8 Å². The fourth-order valence-corrected chi connectivity index (χ4v) is 5.21. The molecule has 3 aliphatic rings. The average Bonchev–Trinajstić information content (AvgIpc) is 3.30. The molecule has 1 saturated carbocycles. The van der Waals surface area contributed by atoms with Gasteiger partial charge < -0.3 is 24.8 Å². The number of aromatic nitrogens is 3. The van der Waals surface area contributed by atoms with Gasteiger partial charge in [0, 0.05) is 43.1 Å². The van der Waals surface area contributed by atoms with Crippen LogP contribution in [0.4, 0.5) is 10.6 Å². The van der Waals surface area contributed by atoms with Gasteiger partial charge in [0.2, 0.25) is 5.91 Å². The van der Waals surface area contributed by atoms with Crippen LogP contribution >= 0.6 is 0 Å². The molecule has 2 aliphatic heterocycles. The molecule has 1 aliphatic carbocycles. The Hall–Kier alpha value is -3.36. The summed E-state index contributed by atoms with van der Waals surface area (Å²) < 4.78 is 5.50. The maximum absolute atomic E-state index is 12.6. The third kappa shape index (κ3) is 5.39. The zero-order valence-corrected chi connectivity index (χ0v) is 21.5. The van der Waals surface area contributed by atoms with Gasteiger partial charge in [0.05, 0.1) is 5.39 Å². The predicted molar refractivity (Wildman–Crippen MR) is 139 cm³/mol. The molecular weight excluding hydrogens is 456 g/mol. The summed E-state index contributed by atoms with van der Waals surface area (Å²) in [6.07, 6.45) is 13.1. The molecule has 2 aromatic heterocycles. The molecule has 9 heteroatoms. The number of hydrogen-bond donors (Lipinski definition) is 2. The molecule has 0 saturated heterocycles. The predicted octanol–water partition coefficient (Wildman–Crippen LogP) is 5.19. The number of nitrogens with zero attached hydrogens (tertiary/aromatic N) is 4. The van der Waals surface area contributed by atoms with Crippen LogP contribution in [0.15, 0.2) is 30.4 Å². The lowest BCUT2D eigenvalue weighted by molar-refractivity contribution is -0.131. The summed E-state index contributed by atoms with van der Waals surface area (Å²) in [4.78, 5) is 41.0. The van der Waals surface area contributed by atoms with Crippen LogP contribution < -0.4 is 5.32 Å². The van der Waals surface area contributed by atoms with Crippen LogP contribution in [-0.4, -0.2) is 61.5 Å². The number of H-pyrrole nitrogens is 1. The minimum Gasteiger partial charge on any atom is -0.444 e. The zero-order valence-electron chi connectivity index (χ0n) is 21.5. The minimum atomic E-state index is -0.505. The topological polar surface area (TPSA) is 103 Å². The summed E-state index contributed by atoms with van der Waals surface area (Å²) in [5, 5.41) is 4.39. The molecule has 2 N–H and O–H groups in total. The summed E-state index contributed by atoms with van der Waals surface area (Å²) in [5.74, 6) is 0.951. The molecule has 0 aromatic carbocycles. The van der Waals surface area contributed by atoms with E-state index < -0.39 is 5.60 Å². The van der Waals surface area contributed by atoms with Crippen molar-refractivity contribution < 1.29 is 14.3 Å². The van der Waals surface area contributed by atoms with Crippen molar-refractivity contribution >= 4 is 34.4 Å². The number of amides is 2. The van der Waals surface area contributed by atoms with E-state index in [9.17, 15) is 9.59 Å². The van der Waals surface area contributed by atoms with Crippen LogP contribution in [0.1, 0.15) is 77.8 Å². The Morgan fingerprint density at radius 3 is 2.67 bits per heavy atom. The molecule has 2 aromatic rings. The first-order chi connectivity index (χ1) is 17.3. The first-order valence-corrected chi connectivity index (χ1v) is 13.1. The summed E-state index contributed by atoms with van der Waals surface area (Å²) >= 11 is 0. The van der Waals surface area contributed by atoms with Crippen molar-refractivity contribution in [2.45, 2.75) is 83.8 Å². The molecule has 5 rings (SSSR count). The largest absolute Gasteiger partial charge is 0.444 e. The maximum Gasteiger partial charge on any atom is 0.410 e. The smallest absolute Gasteiger partial charge is 0.410 e. The molecule has 0 radical (unpaired) electrons. The van der Waals surface area contributed by atoms with E-state index in [1.165, 1.54) is 19.3 Å². The first-order valence-electron chi connectivity index (χ1n) is 13.1. The van der Waals surface area contributed by atoms with Crippen LogP contribution in [0.25, 0.3) is 16.6 Å². The van der Waals surface area contributed by atoms with E-state index in [4.69, 9.17) is 4.74 Å². The molecule has 192 valence electrons. The fraction of sp³-hybridized carbons (Fsp3) is 0.556. The number of aromatic amines is 1. The summed E-state index contributed by atoms with van der Waals surface area (Å²) in [6, 6.07) is 2.38. The monoisotopic (exact) mass is 492 g/mol. The van der Waals surface area contributed by atoms with E-state index in [1.807, 2.05) is 31.9 Å². The number of carbonyl (C=O) groups excluding carboxylic acids is 2. The SMILES string of the molecule is CC(C)(C)OC(=O)N1CC=C(c2cc3c(NC4=CN(C5CCCCC5)C(=O)CC4)ncnc3[nH]2)CC1. The quantitative estimate of drug-likeness (QED) is 0.609. The van der Waals surface area contributed by atoms with Gasteiger partial charge in [0.1, 0.15) is 23.4 Å². The summed E-state index contributed by atoms with van der Waals surface area (Å²) in [6.45, 7) is 6.74. The fourth-order valence-electron chi connectivity index (χ4n) is 5.21. The molecule has 0 unspecified atom stereocenters. The van der Waals surface area contributed by atoms with Crippen LogP contribution in [0.2, 0.25) is 0 Å². The standard InChI is InChI=1S/C27H36N6O3/c1-27(2,3)36-26(35)32-13-11-18(12-14-32)22-15-21-24(28-17-29-25(21)31-22)30-19-9-10-23(34)33(16-19)20-7-5-4-6-8-20/h11,15-17,20H,4-10,12-14H2,1-3H3,(H2,28,29,30,31). The number of anilines is 1. The van der Waals surface area contributed by atoms with Gasteiger partial charge in [0.15, 0.2) is 0 Å². The van der Waals surface area contributed by atoms with Crippen LogP contribution in [0, 0.1) is 0 Å². The zero-order chi connectivity index (χ0) is 25.3. The number of fused-ring (bicyclic) bond motifs is 1. The van der Waals surface area contributed by atoms with E-state index in [2.05, 4.69) is 32.4 Å². The Kier molecular flexibility index (Phi) is 6.73. The lowest BCUT2D eigenvalue weighted by Crippen LogP contribution is -2.40. The van der Waals surface area contributed by atoms with E-state index in [0.717, 1.165) is 53.1 Å². The maximum atomic E-state index is 12.6. The van der Waals surface area contributed by atoms with Crippen molar-refractivity contribution in [2.24, 2.45) is 0 Å². The highest BCUT2D eigenvalue weighted by molar-refractivity contribution is 5.91. The van der Waals surface area contributed by atoms with E-state index in [1.54, 1.807) is 11.2 Å². The van der Waals surface area contributed by atoms with E-state index in [-0.39, 0.29) is 12.0 Å². The van der Waals surface area contributed by atoms with Crippen molar-refractivity contribution in [3.05, 3.63) is 36.1 Å². The molecule has 2 amide bonds. The lowest BCUT2D eigenvalue weighted by atomic mass is 9.93. The number of hydrogen-bond acceptors (Lipinski definition) is 6. The Morgan fingerprint density at radius 2 is 1.94 bits per heavy atom. The second-order valence-electron chi connectivity index (χ2n) is 10.9. The Bertz CT molecular complexity index is 1200. The highest BCUT2D eigenvalue weighted by Crippen LogP contribution is 2.31. The average molecular weight is 493 g/mol. The normalized spacial score (nSPS) is 19.8. The summed E-state index contributed by atoms with van der Waals surface area (Å²) in [7, 11) is 0. The van der Waals surface area contributed by atoms with Gasteiger partial charge in [-0.05, 0) is 58.1 Å². The van der Waals surface area contributed by atoms with Crippen molar-refractivity contribution in [3.8, 4) is 0 Å².